The van der Waals surface area contributed by atoms with Crippen LogP contribution in [0.25, 0.3) is 0 Å². The van der Waals surface area contributed by atoms with E-state index < -0.39 is 29.3 Å². The van der Waals surface area contributed by atoms with Gasteiger partial charge in [0.25, 0.3) is 5.91 Å². The first-order valence-electron chi connectivity index (χ1n) is 6.94. The summed E-state index contributed by atoms with van der Waals surface area (Å²) in [6.07, 6.45) is -3.38. The van der Waals surface area contributed by atoms with E-state index >= 15 is 0 Å². The molecule has 0 radical (unpaired) electrons. The van der Waals surface area contributed by atoms with E-state index in [2.05, 4.69) is 15.8 Å². The summed E-state index contributed by atoms with van der Waals surface area (Å²) in [5.41, 5.74) is 1.62. The zero-order chi connectivity index (χ0) is 18.4. The molecule has 25 heavy (non-hydrogen) atoms. The van der Waals surface area contributed by atoms with Crippen molar-refractivity contribution in [3.05, 3.63) is 65.2 Å². The fourth-order valence-electron chi connectivity index (χ4n) is 1.80. The minimum atomic E-state index is -4.48. The molecule has 0 aliphatic carbocycles. The fraction of sp³-hybridized carbons (Fsp3) is 0.125. The molecule has 2 aromatic carbocycles. The molecule has 0 saturated heterocycles. The molecule has 0 atom stereocenters. The van der Waals surface area contributed by atoms with E-state index in [1.165, 1.54) is 18.2 Å². The van der Waals surface area contributed by atoms with Crippen LogP contribution in [0.2, 0.25) is 0 Å². The maximum atomic E-state index is 13.0. The van der Waals surface area contributed by atoms with Gasteiger partial charge in [-0.1, -0.05) is 12.1 Å². The summed E-state index contributed by atoms with van der Waals surface area (Å²) in [6.45, 7) is -0.323. The molecule has 0 heterocycles. The van der Waals surface area contributed by atoms with Crippen LogP contribution in [0, 0.1) is 11.6 Å². The number of halogens is 5. The molecule has 0 spiro atoms. The van der Waals surface area contributed by atoms with Crippen LogP contribution in [0.3, 0.4) is 0 Å². The van der Waals surface area contributed by atoms with Gasteiger partial charge >= 0.3 is 6.18 Å². The molecule has 4 nitrogen and oxygen atoms in total. The molecule has 2 rings (SSSR count). The Labute approximate surface area is 139 Å². The van der Waals surface area contributed by atoms with Crippen molar-refractivity contribution in [1.82, 2.24) is 5.43 Å². The molecule has 2 N–H and O–H groups in total. The third-order valence-electron chi connectivity index (χ3n) is 2.99. The quantitative estimate of drug-likeness (QED) is 0.489. The van der Waals surface area contributed by atoms with Crippen LogP contribution in [0.15, 0.2) is 47.6 Å². The minimum Gasteiger partial charge on any atom is -0.376 e. The molecule has 132 valence electrons. The van der Waals surface area contributed by atoms with Crippen molar-refractivity contribution in [2.45, 2.75) is 6.18 Å². The van der Waals surface area contributed by atoms with Crippen molar-refractivity contribution < 1.29 is 26.7 Å². The van der Waals surface area contributed by atoms with Gasteiger partial charge in [-0.2, -0.15) is 18.3 Å². The van der Waals surface area contributed by atoms with Gasteiger partial charge in [-0.3, -0.25) is 4.79 Å². The van der Waals surface area contributed by atoms with Crippen LogP contribution in [0.1, 0.15) is 11.1 Å². The maximum Gasteiger partial charge on any atom is 0.416 e. The largest absolute Gasteiger partial charge is 0.416 e. The first-order valence-corrected chi connectivity index (χ1v) is 6.94. The van der Waals surface area contributed by atoms with E-state index in [9.17, 15) is 26.7 Å². The van der Waals surface area contributed by atoms with Crippen molar-refractivity contribution in [1.29, 1.82) is 0 Å². The van der Waals surface area contributed by atoms with Gasteiger partial charge in [0.2, 0.25) is 0 Å². The molecular weight excluding hydrogens is 345 g/mol. The Morgan fingerprint density at radius 3 is 2.52 bits per heavy atom. The van der Waals surface area contributed by atoms with Crippen LogP contribution in [0.4, 0.5) is 27.6 Å². The number of carbonyl (C=O) groups excluding carboxylic acids is 1. The van der Waals surface area contributed by atoms with Gasteiger partial charge in [-0.15, -0.1) is 0 Å². The lowest BCUT2D eigenvalue weighted by Crippen LogP contribution is -2.26. The predicted octanol–water partition coefficient (Wildman–Crippen LogP) is 3.55. The van der Waals surface area contributed by atoms with Gasteiger partial charge in [0, 0.05) is 5.69 Å². The molecule has 0 aliphatic heterocycles. The molecule has 0 fully saturated rings. The molecule has 0 unspecified atom stereocenters. The van der Waals surface area contributed by atoms with E-state index in [0.29, 0.717) is 0 Å². The monoisotopic (exact) mass is 357 g/mol. The van der Waals surface area contributed by atoms with Crippen LogP contribution < -0.4 is 10.7 Å². The third-order valence-corrected chi connectivity index (χ3v) is 2.99. The third kappa shape index (κ3) is 5.55. The highest BCUT2D eigenvalue weighted by Crippen LogP contribution is 2.30. The molecule has 2 aromatic rings. The van der Waals surface area contributed by atoms with Crippen LogP contribution >= 0.6 is 0 Å². The average molecular weight is 357 g/mol. The molecule has 1 amide bonds. The standard InChI is InChI=1S/C16H12F5N3O/c17-13-5-4-10(6-14(13)18)8-23-24-15(25)9-22-12-3-1-2-11(7-12)16(19,20)21/h1-8,22H,9H2,(H,24,25)/b23-8-. The number of amides is 1. The van der Waals surface area contributed by atoms with Gasteiger partial charge in [-0.25, -0.2) is 14.2 Å². The number of carbonyl (C=O) groups is 1. The Bertz CT molecular complexity index is 790. The molecule has 9 heteroatoms. The molecule has 0 aliphatic rings. The SMILES string of the molecule is O=C(CNc1cccc(C(F)(F)F)c1)N/N=C\c1ccc(F)c(F)c1. The number of hydrogen-bond donors (Lipinski definition) is 2. The lowest BCUT2D eigenvalue weighted by Gasteiger charge is -2.10. The lowest BCUT2D eigenvalue weighted by atomic mass is 10.2. The Kier molecular flexibility index (Phi) is 5.68. The van der Waals surface area contributed by atoms with Gasteiger partial charge in [0.1, 0.15) is 0 Å². The topological polar surface area (TPSA) is 53.5 Å². The number of nitrogens with one attached hydrogen (secondary N) is 2. The summed E-state index contributed by atoms with van der Waals surface area (Å²) < 4.78 is 63.4. The second kappa shape index (κ2) is 7.73. The highest BCUT2D eigenvalue weighted by Gasteiger charge is 2.30. The average Bonchev–Trinajstić information content (AvgIpc) is 2.56. The number of rotatable bonds is 5. The highest BCUT2D eigenvalue weighted by molar-refractivity contribution is 5.84. The van der Waals surface area contributed by atoms with Crippen LogP contribution in [-0.2, 0) is 11.0 Å². The zero-order valence-corrected chi connectivity index (χ0v) is 12.6. The van der Waals surface area contributed by atoms with Gasteiger partial charge in [0.15, 0.2) is 11.6 Å². The molecule has 0 aromatic heterocycles. The summed E-state index contributed by atoms with van der Waals surface area (Å²) in [5, 5.41) is 6.07. The van der Waals surface area contributed by atoms with Gasteiger partial charge in [0.05, 0.1) is 18.3 Å². The van der Waals surface area contributed by atoms with E-state index in [0.717, 1.165) is 30.5 Å². The van der Waals surface area contributed by atoms with Gasteiger partial charge < -0.3 is 5.32 Å². The van der Waals surface area contributed by atoms with Crippen molar-refractivity contribution in [2.75, 3.05) is 11.9 Å². The number of anilines is 1. The van der Waals surface area contributed by atoms with E-state index in [1.807, 2.05) is 0 Å². The number of alkyl halides is 3. The first-order chi connectivity index (χ1) is 11.8. The van der Waals surface area contributed by atoms with Crippen molar-refractivity contribution in [3.63, 3.8) is 0 Å². The van der Waals surface area contributed by atoms with E-state index in [1.54, 1.807) is 0 Å². The maximum absolute atomic E-state index is 13.0. The first kappa shape index (κ1) is 18.4. The summed E-state index contributed by atoms with van der Waals surface area (Å²) in [7, 11) is 0. The van der Waals surface area contributed by atoms with Crippen molar-refractivity contribution in [2.24, 2.45) is 5.10 Å². The number of benzene rings is 2. The Morgan fingerprint density at radius 2 is 1.84 bits per heavy atom. The fourth-order valence-corrected chi connectivity index (χ4v) is 1.80. The summed E-state index contributed by atoms with van der Waals surface area (Å²) >= 11 is 0. The Morgan fingerprint density at radius 1 is 1.08 bits per heavy atom. The Hall–Kier alpha value is -2.97. The number of hydrazone groups is 1. The second-order valence-corrected chi connectivity index (χ2v) is 4.90. The summed E-state index contributed by atoms with van der Waals surface area (Å²) in [4.78, 5) is 11.6. The lowest BCUT2D eigenvalue weighted by molar-refractivity contribution is -0.137. The summed E-state index contributed by atoms with van der Waals surface area (Å²) in [5.74, 6) is -2.69. The minimum absolute atomic E-state index is 0.120. The number of nitrogens with zero attached hydrogens (tertiary/aromatic N) is 1. The normalized spacial score (nSPS) is 11.6. The zero-order valence-electron chi connectivity index (χ0n) is 12.6. The van der Waals surface area contributed by atoms with Crippen molar-refractivity contribution in [3.8, 4) is 0 Å². The second-order valence-electron chi connectivity index (χ2n) is 4.90. The Balaban J connectivity index is 1.86. The van der Waals surface area contributed by atoms with Gasteiger partial charge in [-0.05, 0) is 35.9 Å². The smallest absolute Gasteiger partial charge is 0.376 e. The van der Waals surface area contributed by atoms with Crippen LogP contribution in [0.5, 0.6) is 0 Å². The van der Waals surface area contributed by atoms with E-state index in [-0.39, 0.29) is 17.8 Å². The molecular formula is C16H12F5N3O. The van der Waals surface area contributed by atoms with Crippen molar-refractivity contribution >= 4 is 17.8 Å². The number of hydrogen-bond acceptors (Lipinski definition) is 3. The predicted molar refractivity (Wildman–Crippen MR) is 82.0 cm³/mol. The highest BCUT2D eigenvalue weighted by atomic mass is 19.4. The van der Waals surface area contributed by atoms with E-state index in [4.69, 9.17) is 0 Å². The van der Waals surface area contributed by atoms with Crippen LogP contribution in [-0.4, -0.2) is 18.7 Å². The summed E-state index contributed by atoms with van der Waals surface area (Å²) in [6, 6.07) is 7.45. The molecule has 0 saturated carbocycles. The molecule has 0 bridgehead atoms.